The Balaban J connectivity index is 1.76. The predicted molar refractivity (Wildman–Crippen MR) is 126 cm³/mol. The summed E-state index contributed by atoms with van der Waals surface area (Å²) in [6.45, 7) is 0. The molecule has 0 radical (unpaired) electrons. The van der Waals surface area contributed by atoms with Gasteiger partial charge in [-0.1, -0.05) is 36.4 Å². The molecular formula is C24H17N3O5S. The van der Waals surface area contributed by atoms with Crippen molar-refractivity contribution in [1.29, 1.82) is 0 Å². The molecule has 0 aliphatic rings. The molecule has 9 heteroatoms. The number of aromatic carboxylic acids is 1. The van der Waals surface area contributed by atoms with E-state index in [1.165, 1.54) is 6.07 Å². The molecule has 2 heterocycles. The van der Waals surface area contributed by atoms with E-state index in [0.717, 1.165) is 11.8 Å². The first-order chi connectivity index (χ1) is 15.8. The fourth-order valence-corrected chi connectivity index (χ4v) is 4.29. The lowest BCUT2D eigenvalue weighted by Crippen LogP contribution is -2.10. The number of fused-ring (bicyclic) bond motifs is 3. The molecule has 0 amide bonds. The number of nitrogens with one attached hydrogen (secondary N) is 1. The minimum atomic E-state index is -3.55. The van der Waals surface area contributed by atoms with Gasteiger partial charge in [-0.15, -0.1) is 0 Å². The molecule has 5 aromatic rings. The SMILES string of the molecule is CS(=O)(=O)Nc1ccccc1-c1cc(C(=O)O)c2c(ccc3nc(-c4ccccc4)oc32)n1. The average molecular weight is 459 g/mol. The minimum Gasteiger partial charge on any atom is -0.478 e. The molecule has 0 atom stereocenters. The maximum absolute atomic E-state index is 12.2. The fourth-order valence-electron chi connectivity index (χ4n) is 3.71. The summed E-state index contributed by atoms with van der Waals surface area (Å²) in [5.41, 5.74) is 3.04. The molecule has 0 aliphatic heterocycles. The van der Waals surface area contributed by atoms with Crippen molar-refractivity contribution in [2.24, 2.45) is 0 Å². The van der Waals surface area contributed by atoms with Crippen LogP contribution in [0, 0.1) is 0 Å². The number of aromatic nitrogens is 2. The van der Waals surface area contributed by atoms with Crippen LogP contribution in [-0.4, -0.2) is 35.7 Å². The van der Waals surface area contributed by atoms with Gasteiger partial charge in [0, 0.05) is 11.1 Å². The number of sulfonamides is 1. The number of rotatable bonds is 5. The monoisotopic (exact) mass is 459 g/mol. The zero-order valence-corrected chi connectivity index (χ0v) is 18.1. The molecule has 2 N–H and O–H groups in total. The third kappa shape index (κ3) is 3.90. The fraction of sp³-hybridized carbons (Fsp3) is 0.0417. The molecule has 2 aromatic heterocycles. The molecule has 0 fully saturated rings. The Morgan fingerprint density at radius 3 is 2.36 bits per heavy atom. The number of hydrogen-bond acceptors (Lipinski definition) is 6. The third-order valence-corrected chi connectivity index (χ3v) is 5.67. The molecule has 3 aromatic carbocycles. The average Bonchev–Trinajstić information content (AvgIpc) is 3.23. The second-order valence-electron chi connectivity index (χ2n) is 7.47. The smallest absolute Gasteiger partial charge is 0.336 e. The number of nitrogens with zero attached hydrogens (tertiary/aromatic N) is 2. The number of benzene rings is 3. The van der Waals surface area contributed by atoms with Crippen LogP contribution in [0.2, 0.25) is 0 Å². The van der Waals surface area contributed by atoms with Gasteiger partial charge < -0.3 is 9.52 Å². The van der Waals surface area contributed by atoms with Gasteiger partial charge in [0.25, 0.3) is 0 Å². The Labute approximate surface area is 188 Å². The van der Waals surface area contributed by atoms with Gasteiger partial charge in [-0.05, 0) is 36.4 Å². The summed E-state index contributed by atoms with van der Waals surface area (Å²) in [6.07, 6.45) is 1.05. The number of anilines is 1. The maximum Gasteiger partial charge on any atom is 0.336 e. The summed E-state index contributed by atoms with van der Waals surface area (Å²) in [4.78, 5) is 21.4. The number of para-hydroxylation sites is 1. The standard InChI is InChI=1S/C24H17N3O5S/c1-33(30,31)27-17-10-6-5-9-15(17)20-13-16(24(28)29)21-18(25-20)11-12-19-22(21)32-23(26-19)14-7-3-2-4-8-14/h2-13,27H,1H3,(H,28,29). The molecule has 0 unspecified atom stereocenters. The lowest BCUT2D eigenvalue weighted by atomic mass is 10.0. The summed E-state index contributed by atoms with van der Waals surface area (Å²) < 4.78 is 32.0. The molecule has 164 valence electrons. The van der Waals surface area contributed by atoms with Crippen LogP contribution in [-0.2, 0) is 10.0 Å². The van der Waals surface area contributed by atoms with E-state index in [1.807, 2.05) is 30.3 Å². The molecule has 33 heavy (non-hydrogen) atoms. The molecule has 5 rings (SSSR count). The number of carbonyl (C=O) groups is 1. The lowest BCUT2D eigenvalue weighted by molar-refractivity contribution is 0.0699. The van der Waals surface area contributed by atoms with Crippen molar-refractivity contribution in [3.05, 3.63) is 78.4 Å². The van der Waals surface area contributed by atoms with Gasteiger partial charge in [0.1, 0.15) is 5.52 Å². The topological polar surface area (TPSA) is 122 Å². The van der Waals surface area contributed by atoms with Gasteiger partial charge in [0.05, 0.1) is 34.1 Å². The van der Waals surface area contributed by atoms with E-state index in [9.17, 15) is 18.3 Å². The van der Waals surface area contributed by atoms with Crippen molar-refractivity contribution in [2.45, 2.75) is 0 Å². The maximum atomic E-state index is 12.2. The molecule has 0 spiro atoms. The van der Waals surface area contributed by atoms with E-state index in [-0.39, 0.29) is 5.56 Å². The van der Waals surface area contributed by atoms with Crippen molar-refractivity contribution < 1.29 is 22.7 Å². The van der Waals surface area contributed by atoms with E-state index in [2.05, 4.69) is 14.7 Å². The van der Waals surface area contributed by atoms with Crippen LogP contribution in [0.3, 0.4) is 0 Å². The van der Waals surface area contributed by atoms with Gasteiger partial charge in [-0.2, -0.15) is 0 Å². The quantitative estimate of drug-likeness (QED) is 0.388. The van der Waals surface area contributed by atoms with E-state index in [0.29, 0.717) is 44.8 Å². The Kier molecular flexibility index (Phi) is 4.83. The van der Waals surface area contributed by atoms with Crippen LogP contribution in [0.5, 0.6) is 0 Å². The van der Waals surface area contributed by atoms with Crippen molar-refractivity contribution in [3.63, 3.8) is 0 Å². The number of pyridine rings is 1. The van der Waals surface area contributed by atoms with Crippen molar-refractivity contribution >= 4 is 43.7 Å². The highest BCUT2D eigenvalue weighted by Crippen LogP contribution is 2.35. The van der Waals surface area contributed by atoms with Crippen molar-refractivity contribution in [1.82, 2.24) is 9.97 Å². The number of carboxylic acids is 1. The Bertz CT molecular complexity index is 1640. The number of hydrogen-bond donors (Lipinski definition) is 2. The molecule has 0 saturated carbocycles. The highest BCUT2D eigenvalue weighted by Gasteiger charge is 2.20. The van der Waals surface area contributed by atoms with Crippen LogP contribution in [0.1, 0.15) is 10.4 Å². The molecule has 0 bridgehead atoms. The molecular weight excluding hydrogens is 442 g/mol. The lowest BCUT2D eigenvalue weighted by Gasteiger charge is -2.12. The van der Waals surface area contributed by atoms with Gasteiger partial charge in [-0.3, -0.25) is 4.72 Å². The first kappa shape index (κ1) is 20.7. The van der Waals surface area contributed by atoms with Gasteiger partial charge >= 0.3 is 5.97 Å². The zero-order chi connectivity index (χ0) is 23.2. The van der Waals surface area contributed by atoms with Crippen molar-refractivity contribution in [2.75, 3.05) is 11.0 Å². The molecule has 0 saturated heterocycles. The highest BCUT2D eigenvalue weighted by atomic mass is 32.2. The summed E-state index contributed by atoms with van der Waals surface area (Å²) >= 11 is 0. The summed E-state index contributed by atoms with van der Waals surface area (Å²) in [5, 5.41) is 10.3. The van der Waals surface area contributed by atoms with Gasteiger partial charge in [-0.25, -0.2) is 23.2 Å². The Hall–Kier alpha value is -4.24. The Morgan fingerprint density at radius 2 is 1.64 bits per heavy atom. The van der Waals surface area contributed by atoms with Gasteiger partial charge in [0.15, 0.2) is 5.58 Å². The molecule has 0 aliphatic carbocycles. The van der Waals surface area contributed by atoms with Crippen LogP contribution in [0.15, 0.2) is 77.2 Å². The van der Waals surface area contributed by atoms with E-state index >= 15 is 0 Å². The summed E-state index contributed by atoms with van der Waals surface area (Å²) in [5.74, 6) is -0.788. The number of carboxylic acid groups (broad SMARTS) is 1. The largest absolute Gasteiger partial charge is 0.478 e. The van der Waals surface area contributed by atoms with E-state index in [4.69, 9.17) is 4.42 Å². The van der Waals surface area contributed by atoms with E-state index < -0.39 is 16.0 Å². The first-order valence-electron chi connectivity index (χ1n) is 9.90. The second-order valence-corrected chi connectivity index (χ2v) is 9.22. The van der Waals surface area contributed by atoms with Crippen LogP contribution >= 0.6 is 0 Å². The highest BCUT2D eigenvalue weighted by molar-refractivity contribution is 7.92. The van der Waals surface area contributed by atoms with Gasteiger partial charge in [0.2, 0.25) is 15.9 Å². The van der Waals surface area contributed by atoms with Crippen LogP contribution in [0.25, 0.3) is 44.7 Å². The zero-order valence-electron chi connectivity index (χ0n) is 17.3. The summed E-state index contributed by atoms with van der Waals surface area (Å²) in [7, 11) is -3.55. The van der Waals surface area contributed by atoms with Crippen LogP contribution < -0.4 is 4.72 Å². The first-order valence-corrected chi connectivity index (χ1v) is 11.8. The Morgan fingerprint density at radius 1 is 0.939 bits per heavy atom. The van der Waals surface area contributed by atoms with Crippen LogP contribution in [0.4, 0.5) is 5.69 Å². The second kappa shape index (κ2) is 7.72. The van der Waals surface area contributed by atoms with Crippen molar-refractivity contribution in [3.8, 4) is 22.7 Å². The predicted octanol–water partition coefficient (Wildman–Crippen LogP) is 4.78. The molecule has 8 nitrogen and oxygen atoms in total. The third-order valence-electron chi connectivity index (χ3n) is 5.08. The normalized spacial score (nSPS) is 11.7. The number of oxazole rings is 1. The van der Waals surface area contributed by atoms with E-state index in [1.54, 1.807) is 36.4 Å². The minimum absolute atomic E-state index is 0.0227. The summed E-state index contributed by atoms with van der Waals surface area (Å²) in [6, 6.07) is 20.8.